The highest BCUT2D eigenvalue weighted by atomic mass is 35.5. The lowest BCUT2D eigenvalue weighted by Crippen LogP contribution is -2.37. The highest BCUT2D eigenvalue weighted by molar-refractivity contribution is 6.30. The molecule has 4 nitrogen and oxygen atoms in total. The molecule has 0 spiro atoms. The Hall–Kier alpha value is -0.970. The molecule has 1 amide bonds. The number of nitrogens with one attached hydrogen (secondary N) is 1. The van der Waals surface area contributed by atoms with Crippen LogP contribution in [0.2, 0.25) is 5.02 Å². The number of carbonyl (C=O) groups is 1. The molecule has 6 heteroatoms. The van der Waals surface area contributed by atoms with Crippen LogP contribution in [0.3, 0.4) is 0 Å². The summed E-state index contributed by atoms with van der Waals surface area (Å²) in [6.45, 7) is 2.70. The number of carbonyl (C=O) groups excluding carboxylic acids is 1. The number of benzene rings is 1. The third kappa shape index (κ3) is 7.34. The zero-order valence-electron chi connectivity index (χ0n) is 12.9. The Morgan fingerprint density at radius 2 is 2.05 bits per heavy atom. The monoisotopic (exact) mass is 346 g/mol. The predicted molar refractivity (Wildman–Crippen MR) is 92.0 cm³/mol. The topological polar surface area (TPSA) is 41.6 Å². The Bertz CT molecular complexity index is 450. The molecule has 1 aliphatic carbocycles. The van der Waals surface area contributed by atoms with Crippen LogP contribution in [0.15, 0.2) is 24.3 Å². The molecule has 0 radical (unpaired) electrons. The van der Waals surface area contributed by atoms with Crippen LogP contribution in [-0.4, -0.2) is 44.1 Å². The lowest BCUT2D eigenvalue weighted by Gasteiger charge is -2.17. The minimum absolute atomic E-state index is 0. The van der Waals surface area contributed by atoms with Gasteiger partial charge in [-0.25, -0.2) is 0 Å². The van der Waals surface area contributed by atoms with Gasteiger partial charge in [0, 0.05) is 18.6 Å². The first-order valence-electron chi connectivity index (χ1n) is 7.48. The van der Waals surface area contributed by atoms with Gasteiger partial charge in [-0.05, 0) is 56.0 Å². The standard InChI is InChI=1S/C16H23ClN2O2.ClH/c1-19(16(20)12-18-11-13-3-4-13)9-2-10-21-15-7-5-14(17)6-8-15;/h5-8,13,18H,2-4,9-12H2,1H3;1H. The molecule has 2 rings (SSSR count). The second-order valence-electron chi connectivity index (χ2n) is 5.55. The maximum Gasteiger partial charge on any atom is 0.236 e. The number of rotatable bonds is 9. The van der Waals surface area contributed by atoms with Gasteiger partial charge in [0.05, 0.1) is 13.2 Å². The van der Waals surface area contributed by atoms with E-state index in [0.717, 1.165) is 24.6 Å². The molecule has 0 bridgehead atoms. The van der Waals surface area contributed by atoms with Crippen molar-refractivity contribution in [3.8, 4) is 5.75 Å². The molecule has 0 heterocycles. The molecule has 0 aliphatic heterocycles. The number of likely N-dealkylation sites (N-methyl/N-ethyl adjacent to an activating group) is 1. The van der Waals surface area contributed by atoms with Gasteiger partial charge in [0.25, 0.3) is 0 Å². The van der Waals surface area contributed by atoms with Gasteiger partial charge in [-0.15, -0.1) is 12.4 Å². The van der Waals surface area contributed by atoms with Crippen molar-refractivity contribution in [2.24, 2.45) is 5.92 Å². The molecular weight excluding hydrogens is 323 g/mol. The van der Waals surface area contributed by atoms with Crippen LogP contribution in [0, 0.1) is 5.92 Å². The Balaban J connectivity index is 0.00000242. The van der Waals surface area contributed by atoms with Crippen molar-refractivity contribution in [2.75, 3.05) is 33.3 Å². The molecule has 1 aliphatic rings. The van der Waals surface area contributed by atoms with Gasteiger partial charge in [0.2, 0.25) is 5.91 Å². The van der Waals surface area contributed by atoms with Gasteiger partial charge in [-0.2, -0.15) is 0 Å². The Labute approximate surface area is 143 Å². The average molecular weight is 347 g/mol. The fourth-order valence-electron chi connectivity index (χ4n) is 1.99. The molecular formula is C16H24Cl2N2O2. The molecule has 0 saturated heterocycles. The highest BCUT2D eigenvalue weighted by Crippen LogP contribution is 2.27. The number of ether oxygens (including phenoxy) is 1. The van der Waals surface area contributed by atoms with E-state index in [1.54, 1.807) is 17.0 Å². The average Bonchev–Trinajstić information content (AvgIpc) is 3.29. The third-order valence-corrected chi connectivity index (χ3v) is 3.80. The summed E-state index contributed by atoms with van der Waals surface area (Å²) < 4.78 is 5.60. The summed E-state index contributed by atoms with van der Waals surface area (Å²) in [5.74, 6) is 1.75. The SMILES string of the molecule is CN(CCCOc1ccc(Cl)cc1)C(=O)CNCC1CC1.Cl. The van der Waals surface area contributed by atoms with Crippen LogP contribution >= 0.6 is 24.0 Å². The highest BCUT2D eigenvalue weighted by Gasteiger charge is 2.20. The Morgan fingerprint density at radius 3 is 2.68 bits per heavy atom. The molecule has 0 unspecified atom stereocenters. The van der Waals surface area contributed by atoms with E-state index in [1.807, 2.05) is 19.2 Å². The largest absolute Gasteiger partial charge is 0.494 e. The van der Waals surface area contributed by atoms with Crippen molar-refractivity contribution >= 4 is 29.9 Å². The molecule has 124 valence electrons. The van der Waals surface area contributed by atoms with Crippen LogP contribution in [0.1, 0.15) is 19.3 Å². The quantitative estimate of drug-likeness (QED) is 0.699. The lowest BCUT2D eigenvalue weighted by atomic mass is 10.3. The second-order valence-corrected chi connectivity index (χ2v) is 5.98. The van der Waals surface area contributed by atoms with Crippen molar-refractivity contribution in [1.29, 1.82) is 0 Å². The summed E-state index contributed by atoms with van der Waals surface area (Å²) in [6, 6.07) is 7.30. The molecule has 1 fully saturated rings. The minimum Gasteiger partial charge on any atom is -0.494 e. The van der Waals surface area contributed by atoms with Crippen molar-refractivity contribution in [3.63, 3.8) is 0 Å². The summed E-state index contributed by atoms with van der Waals surface area (Å²) in [7, 11) is 1.84. The smallest absolute Gasteiger partial charge is 0.236 e. The Kier molecular flexibility index (Phi) is 8.61. The summed E-state index contributed by atoms with van der Waals surface area (Å²) in [5.41, 5.74) is 0. The Morgan fingerprint density at radius 1 is 1.36 bits per heavy atom. The van der Waals surface area contributed by atoms with Crippen LogP contribution in [-0.2, 0) is 4.79 Å². The molecule has 1 aromatic carbocycles. The van der Waals surface area contributed by atoms with E-state index in [4.69, 9.17) is 16.3 Å². The van der Waals surface area contributed by atoms with E-state index in [9.17, 15) is 4.79 Å². The van der Waals surface area contributed by atoms with E-state index >= 15 is 0 Å². The number of hydrogen-bond acceptors (Lipinski definition) is 3. The zero-order chi connectivity index (χ0) is 15.1. The van der Waals surface area contributed by atoms with Crippen molar-refractivity contribution < 1.29 is 9.53 Å². The fourth-order valence-corrected chi connectivity index (χ4v) is 2.11. The summed E-state index contributed by atoms with van der Waals surface area (Å²) >= 11 is 5.81. The maximum absolute atomic E-state index is 11.9. The normalized spacial score (nSPS) is 13.4. The van der Waals surface area contributed by atoms with Crippen molar-refractivity contribution in [2.45, 2.75) is 19.3 Å². The van der Waals surface area contributed by atoms with Gasteiger partial charge >= 0.3 is 0 Å². The lowest BCUT2D eigenvalue weighted by molar-refractivity contribution is -0.129. The van der Waals surface area contributed by atoms with Crippen LogP contribution in [0.25, 0.3) is 0 Å². The van der Waals surface area contributed by atoms with E-state index in [0.29, 0.717) is 24.7 Å². The van der Waals surface area contributed by atoms with Crippen LogP contribution in [0.5, 0.6) is 5.75 Å². The first-order chi connectivity index (χ1) is 10.1. The third-order valence-electron chi connectivity index (χ3n) is 3.55. The second kappa shape index (κ2) is 9.93. The van der Waals surface area contributed by atoms with Gasteiger partial charge in [0.1, 0.15) is 5.75 Å². The molecule has 1 aromatic rings. The fraction of sp³-hybridized carbons (Fsp3) is 0.562. The summed E-state index contributed by atoms with van der Waals surface area (Å²) in [4.78, 5) is 13.6. The predicted octanol–water partition coefficient (Wildman–Crippen LogP) is 2.99. The number of amides is 1. The first-order valence-corrected chi connectivity index (χ1v) is 7.86. The molecule has 0 atom stereocenters. The molecule has 1 saturated carbocycles. The van der Waals surface area contributed by atoms with Gasteiger partial charge in [-0.3, -0.25) is 4.79 Å². The summed E-state index contributed by atoms with van der Waals surface area (Å²) in [5, 5.41) is 3.91. The maximum atomic E-state index is 11.9. The van der Waals surface area contributed by atoms with E-state index in [-0.39, 0.29) is 18.3 Å². The molecule has 22 heavy (non-hydrogen) atoms. The molecule has 1 N–H and O–H groups in total. The van der Waals surface area contributed by atoms with Crippen LogP contribution in [0.4, 0.5) is 0 Å². The van der Waals surface area contributed by atoms with E-state index < -0.39 is 0 Å². The number of hydrogen-bond donors (Lipinski definition) is 1. The van der Waals surface area contributed by atoms with Gasteiger partial charge < -0.3 is 15.0 Å². The van der Waals surface area contributed by atoms with E-state index in [1.165, 1.54) is 12.8 Å². The van der Waals surface area contributed by atoms with Gasteiger partial charge in [0.15, 0.2) is 0 Å². The minimum atomic E-state index is 0. The zero-order valence-corrected chi connectivity index (χ0v) is 14.5. The molecule has 0 aromatic heterocycles. The van der Waals surface area contributed by atoms with Gasteiger partial charge in [-0.1, -0.05) is 11.6 Å². The van der Waals surface area contributed by atoms with E-state index in [2.05, 4.69) is 5.32 Å². The number of halogens is 2. The first kappa shape index (κ1) is 19.1. The number of nitrogens with zero attached hydrogens (tertiary/aromatic N) is 1. The van der Waals surface area contributed by atoms with Crippen molar-refractivity contribution in [1.82, 2.24) is 10.2 Å². The summed E-state index contributed by atoms with van der Waals surface area (Å²) in [6.07, 6.45) is 3.42. The van der Waals surface area contributed by atoms with Crippen LogP contribution < -0.4 is 10.1 Å². The van der Waals surface area contributed by atoms with Crippen molar-refractivity contribution in [3.05, 3.63) is 29.3 Å².